The number of carbonyl (C=O) groups excluding carboxylic acids is 2. The van der Waals surface area contributed by atoms with Gasteiger partial charge in [-0.1, -0.05) is 45.0 Å². The Bertz CT molecular complexity index is 1090. The van der Waals surface area contributed by atoms with Gasteiger partial charge in [0.15, 0.2) is 0 Å². The summed E-state index contributed by atoms with van der Waals surface area (Å²) in [7, 11) is 0. The van der Waals surface area contributed by atoms with Crippen LogP contribution in [0.5, 0.6) is 5.75 Å². The predicted octanol–water partition coefficient (Wildman–Crippen LogP) is 4.04. The Balaban J connectivity index is 1.67. The fraction of sp³-hybridized carbons (Fsp3) is 0.448. The number of Topliss-reactive ketones (excluding diaryl/α,β-unsaturated/α-hetero) is 1. The second kappa shape index (κ2) is 11.7. The van der Waals surface area contributed by atoms with Crippen LogP contribution in [0.25, 0.3) is 5.76 Å². The summed E-state index contributed by atoms with van der Waals surface area (Å²) in [5.41, 5.74) is 2.59. The zero-order chi connectivity index (χ0) is 25.7. The van der Waals surface area contributed by atoms with E-state index in [-0.39, 0.29) is 11.3 Å². The first kappa shape index (κ1) is 25.9. The largest absolute Gasteiger partial charge is 0.507 e. The Kier molecular flexibility index (Phi) is 8.44. The molecule has 0 unspecified atom stereocenters. The Morgan fingerprint density at radius 3 is 2.31 bits per heavy atom. The maximum Gasteiger partial charge on any atom is 0.295 e. The number of rotatable bonds is 9. The molecule has 4 rings (SSSR count). The van der Waals surface area contributed by atoms with E-state index in [2.05, 4.69) is 25.7 Å². The second-order valence-corrected chi connectivity index (χ2v) is 9.77. The van der Waals surface area contributed by atoms with Crippen molar-refractivity contribution in [1.82, 2.24) is 9.80 Å². The normalized spacial score (nSPS) is 20.3. The zero-order valence-electron chi connectivity index (χ0n) is 21.4. The number of ketones is 1. The number of aryl methyl sites for hydroxylation is 1. The number of hydrogen-bond donors (Lipinski definition) is 1. The number of likely N-dealkylation sites (tertiary alicyclic amines) is 1. The van der Waals surface area contributed by atoms with Crippen LogP contribution in [0.2, 0.25) is 0 Å². The summed E-state index contributed by atoms with van der Waals surface area (Å²) >= 11 is 0. The molecule has 0 aliphatic carbocycles. The van der Waals surface area contributed by atoms with Crippen LogP contribution in [-0.4, -0.2) is 72.6 Å². The molecule has 2 aromatic carbocycles. The van der Waals surface area contributed by atoms with E-state index in [1.54, 1.807) is 29.2 Å². The molecular formula is C29H36N2O5. The maximum atomic E-state index is 13.3. The quantitative estimate of drug-likeness (QED) is 0.323. The molecule has 0 spiro atoms. The molecule has 2 heterocycles. The van der Waals surface area contributed by atoms with Crippen LogP contribution < -0.4 is 4.74 Å². The van der Waals surface area contributed by atoms with E-state index in [0.717, 1.165) is 25.1 Å². The molecule has 192 valence electrons. The number of benzene rings is 2. The monoisotopic (exact) mass is 492 g/mol. The molecule has 1 atom stereocenters. The molecule has 2 aliphatic heterocycles. The van der Waals surface area contributed by atoms with Crippen molar-refractivity contribution >= 4 is 17.4 Å². The standard InChI is InChI=1S/C29H36N2O5/c1-4-21-5-7-22(8-6-21)26-25(27(32)23-9-11-24(12-10-23)36-19-20(2)3)28(33)29(34)31(26)14-13-30-15-17-35-18-16-30/h5-12,20,26,32H,4,13-19H2,1-3H3/t26-/m0/s1. The van der Waals surface area contributed by atoms with E-state index in [1.165, 1.54) is 5.56 Å². The third-order valence-corrected chi connectivity index (χ3v) is 6.72. The maximum absolute atomic E-state index is 13.3. The number of nitrogens with zero attached hydrogens (tertiary/aromatic N) is 2. The Morgan fingerprint density at radius 2 is 1.69 bits per heavy atom. The van der Waals surface area contributed by atoms with Crippen molar-refractivity contribution in [2.45, 2.75) is 33.2 Å². The van der Waals surface area contributed by atoms with E-state index in [9.17, 15) is 14.7 Å². The van der Waals surface area contributed by atoms with Crippen molar-refractivity contribution < 1.29 is 24.2 Å². The number of ether oxygens (including phenoxy) is 2. The first-order chi connectivity index (χ1) is 17.4. The van der Waals surface area contributed by atoms with Crippen molar-refractivity contribution in [3.8, 4) is 5.75 Å². The molecular weight excluding hydrogens is 456 g/mol. The topological polar surface area (TPSA) is 79.3 Å². The van der Waals surface area contributed by atoms with E-state index < -0.39 is 17.7 Å². The highest BCUT2D eigenvalue weighted by atomic mass is 16.5. The summed E-state index contributed by atoms with van der Waals surface area (Å²) in [6.45, 7) is 10.8. The fourth-order valence-corrected chi connectivity index (χ4v) is 4.59. The number of aliphatic hydroxyl groups excluding tert-OH is 1. The molecule has 0 saturated carbocycles. The fourth-order valence-electron chi connectivity index (χ4n) is 4.59. The van der Waals surface area contributed by atoms with E-state index in [1.807, 2.05) is 24.3 Å². The summed E-state index contributed by atoms with van der Waals surface area (Å²) in [5.74, 6) is -0.309. The molecule has 7 heteroatoms. The van der Waals surface area contributed by atoms with Crippen LogP contribution in [0.3, 0.4) is 0 Å². The summed E-state index contributed by atoms with van der Waals surface area (Å²) in [4.78, 5) is 30.3. The molecule has 2 saturated heterocycles. The van der Waals surface area contributed by atoms with Gasteiger partial charge in [-0.25, -0.2) is 0 Å². The first-order valence-corrected chi connectivity index (χ1v) is 12.8. The average molecular weight is 493 g/mol. The zero-order valence-corrected chi connectivity index (χ0v) is 21.4. The molecule has 2 aliphatic rings. The summed E-state index contributed by atoms with van der Waals surface area (Å²) in [6, 6.07) is 14.3. The average Bonchev–Trinajstić information content (AvgIpc) is 3.16. The molecule has 0 bridgehead atoms. The number of amides is 1. The van der Waals surface area contributed by atoms with Crippen LogP contribution >= 0.6 is 0 Å². The van der Waals surface area contributed by atoms with E-state index in [0.29, 0.717) is 50.1 Å². The van der Waals surface area contributed by atoms with Crippen LogP contribution in [0, 0.1) is 5.92 Å². The van der Waals surface area contributed by atoms with Crippen LogP contribution in [0.15, 0.2) is 54.1 Å². The van der Waals surface area contributed by atoms with Crippen molar-refractivity contribution in [3.63, 3.8) is 0 Å². The number of morpholine rings is 1. The Hall–Kier alpha value is -3.16. The number of carbonyl (C=O) groups is 2. The van der Waals surface area contributed by atoms with Gasteiger partial charge in [0.2, 0.25) is 0 Å². The molecule has 7 nitrogen and oxygen atoms in total. The van der Waals surface area contributed by atoms with Gasteiger partial charge in [-0.15, -0.1) is 0 Å². The highest BCUT2D eigenvalue weighted by Gasteiger charge is 2.46. The van der Waals surface area contributed by atoms with E-state index in [4.69, 9.17) is 9.47 Å². The number of hydrogen-bond acceptors (Lipinski definition) is 6. The lowest BCUT2D eigenvalue weighted by Crippen LogP contribution is -2.42. The lowest BCUT2D eigenvalue weighted by Gasteiger charge is -2.31. The Labute approximate surface area is 213 Å². The highest BCUT2D eigenvalue weighted by molar-refractivity contribution is 6.46. The van der Waals surface area contributed by atoms with Crippen molar-refractivity contribution in [2.24, 2.45) is 5.92 Å². The highest BCUT2D eigenvalue weighted by Crippen LogP contribution is 2.39. The lowest BCUT2D eigenvalue weighted by molar-refractivity contribution is -0.140. The van der Waals surface area contributed by atoms with Crippen molar-refractivity contribution in [3.05, 3.63) is 70.8 Å². The Morgan fingerprint density at radius 1 is 1.03 bits per heavy atom. The van der Waals surface area contributed by atoms with Gasteiger partial charge in [-0.3, -0.25) is 14.5 Å². The van der Waals surface area contributed by atoms with Gasteiger partial charge < -0.3 is 19.5 Å². The van der Waals surface area contributed by atoms with Gasteiger partial charge in [0.1, 0.15) is 11.5 Å². The summed E-state index contributed by atoms with van der Waals surface area (Å²) in [6.07, 6.45) is 0.892. The molecule has 1 N–H and O–H groups in total. The van der Waals surface area contributed by atoms with Crippen molar-refractivity contribution in [1.29, 1.82) is 0 Å². The van der Waals surface area contributed by atoms with Gasteiger partial charge in [0, 0.05) is 31.7 Å². The van der Waals surface area contributed by atoms with Gasteiger partial charge in [-0.2, -0.15) is 0 Å². The molecule has 0 aromatic heterocycles. The number of aliphatic hydroxyl groups is 1. The lowest BCUT2D eigenvalue weighted by atomic mass is 9.94. The van der Waals surface area contributed by atoms with Crippen LogP contribution in [0.4, 0.5) is 0 Å². The molecule has 36 heavy (non-hydrogen) atoms. The predicted molar refractivity (Wildman–Crippen MR) is 139 cm³/mol. The molecule has 2 fully saturated rings. The third kappa shape index (κ3) is 5.79. The minimum Gasteiger partial charge on any atom is -0.507 e. The SMILES string of the molecule is CCc1ccc([C@H]2C(=C(O)c3ccc(OCC(C)C)cc3)C(=O)C(=O)N2CCN2CCOCC2)cc1. The summed E-state index contributed by atoms with van der Waals surface area (Å²) in [5, 5.41) is 11.3. The van der Waals surface area contributed by atoms with Gasteiger partial charge in [-0.05, 0) is 47.7 Å². The minimum atomic E-state index is -0.654. The summed E-state index contributed by atoms with van der Waals surface area (Å²) < 4.78 is 11.2. The van der Waals surface area contributed by atoms with Crippen LogP contribution in [0.1, 0.15) is 43.5 Å². The van der Waals surface area contributed by atoms with Crippen LogP contribution in [-0.2, 0) is 20.7 Å². The second-order valence-electron chi connectivity index (χ2n) is 9.77. The van der Waals surface area contributed by atoms with Gasteiger partial charge in [0.25, 0.3) is 11.7 Å². The molecule has 2 aromatic rings. The van der Waals surface area contributed by atoms with Crippen molar-refractivity contribution in [2.75, 3.05) is 46.0 Å². The van der Waals surface area contributed by atoms with Gasteiger partial charge >= 0.3 is 0 Å². The molecule has 1 amide bonds. The molecule has 0 radical (unpaired) electrons. The first-order valence-electron chi connectivity index (χ1n) is 12.8. The van der Waals surface area contributed by atoms with E-state index >= 15 is 0 Å². The minimum absolute atomic E-state index is 0.127. The smallest absolute Gasteiger partial charge is 0.295 e. The van der Waals surface area contributed by atoms with Gasteiger partial charge in [0.05, 0.1) is 31.4 Å². The third-order valence-electron chi connectivity index (χ3n) is 6.72.